The highest BCUT2D eigenvalue weighted by molar-refractivity contribution is 6.02. The Morgan fingerprint density at radius 2 is 2.09 bits per heavy atom. The maximum Gasteiger partial charge on any atom is 0.325 e. The number of carbonyl (C=O) groups excluding carboxylic acids is 1. The van der Waals surface area contributed by atoms with E-state index in [9.17, 15) is 9.59 Å². The van der Waals surface area contributed by atoms with Gasteiger partial charge in [-0.2, -0.15) is 5.10 Å². The van der Waals surface area contributed by atoms with Gasteiger partial charge in [0.2, 0.25) is 5.95 Å². The first-order valence-electron chi connectivity index (χ1n) is 7.58. The summed E-state index contributed by atoms with van der Waals surface area (Å²) in [5.74, 6) is -1.32. The molecule has 0 aromatic carbocycles. The van der Waals surface area contributed by atoms with Gasteiger partial charge in [-0.25, -0.2) is 9.67 Å². The second kappa shape index (κ2) is 6.59. The van der Waals surface area contributed by atoms with Crippen molar-refractivity contribution < 1.29 is 14.7 Å². The Labute approximate surface area is 132 Å². The quantitative estimate of drug-likeness (QED) is 0.859. The molecule has 0 saturated heterocycles. The SMILES string of the molecule is O=C(O)Cn1cnc(NC(=O)c2cnn(C3CCCCC3)c2)n1. The zero-order chi connectivity index (χ0) is 16.2. The maximum atomic E-state index is 12.2. The Balaban J connectivity index is 1.63. The molecule has 1 fully saturated rings. The summed E-state index contributed by atoms with van der Waals surface area (Å²) in [6.07, 6.45) is 10.3. The minimum Gasteiger partial charge on any atom is -0.480 e. The molecule has 0 aliphatic heterocycles. The van der Waals surface area contributed by atoms with Gasteiger partial charge in [0.05, 0.1) is 17.8 Å². The van der Waals surface area contributed by atoms with Crippen molar-refractivity contribution in [3.63, 3.8) is 0 Å². The number of carboxylic acid groups (broad SMARTS) is 1. The van der Waals surface area contributed by atoms with Crippen molar-refractivity contribution in [2.45, 2.75) is 44.7 Å². The van der Waals surface area contributed by atoms with E-state index in [1.165, 1.54) is 31.8 Å². The number of aromatic nitrogens is 5. The van der Waals surface area contributed by atoms with Crippen LogP contribution in [0.15, 0.2) is 18.7 Å². The van der Waals surface area contributed by atoms with Gasteiger partial charge in [-0.15, -0.1) is 5.10 Å². The Kier molecular flexibility index (Phi) is 4.35. The van der Waals surface area contributed by atoms with Crippen LogP contribution in [0.1, 0.15) is 48.5 Å². The van der Waals surface area contributed by atoms with E-state index in [4.69, 9.17) is 5.11 Å². The summed E-state index contributed by atoms with van der Waals surface area (Å²) in [4.78, 5) is 26.6. The van der Waals surface area contributed by atoms with E-state index in [-0.39, 0.29) is 18.4 Å². The Bertz CT molecular complexity index is 701. The average Bonchev–Trinajstić information content (AvgIpc) is 3.17. The summed E-state index contributed by atoms with van der Waals surface area (Å²) in [6, 6.07) is 0.359. The third-order valence-corrected chi connectivity index (χ3v) is 3.87. The number of rotatable bonds is 5. The molecule has 2 aromatic rings. The van der Waals surface area contributed by atoms with Crippen molar-refractivity contribution in [2.75, 3.05) is 5.32 Å². The minimum absolute atomic E-state index is 0.0710. The molecule has 1 aliphatic rings. The van der Waals surface area contributed by atoms with Crippen LogP contribution in [-0.2, 0) is 11.3 Å². The lowest BCUT2D eigenvalue weighted by Gasteiger charge is -2.21. The van der Waals surface area contributed by atoms with E-state index in [1.807, 2.05) is 4.68 Å². The summed E-state index contributed by atoms with van der Waals surface area (Å²) >= 11 is 0. The largest absolute Gasteiger partial charge is 0.480 e. The fourth-order valence-corrected chi connectivity index (χ4v) is 2.74. The summed E-state index contributed by atoms with van der Waals surface area (Å²) in [6.45, 7) is -0.303. The molecular weight excluding hydrogens is 300 g/mol. The number of hydrogen-bond donors (Lipinski definition) is 2. The predicted octanol–water partition coefficient (Wildman–Crippen LogP) is 1.32. The molecule has 2 N–H and O–H groups in total. The summed E-state index contributed by atoms with van der Waals surface area (Å²) in [5, 5.41) is 19.4. The molecule has 23 heavy (non-hydrogen) atoms. The van der Waals surface area contributed by atoms with Crippen molar-refractivity contribution in [3.8, 4) is 0 Å². The van der Waals surface area contributed by atoms with Gasteiger partial charge in [-0.3, -0.25) is 19.6 Å². The Morgan fingerprint density at radius 1 is 1.30 bits per heavy atom. The first-order chi connectivity index (χ1) is 11.1. The fraction of sp³-hybridized carbons (Fsp3) is 0.500. The van der Waals surface area contributed by atoms with Crippen LogP contribution in [0.2, 0.25) is 0 Å². The summed E-state index contributed by atoms with van der Waals surface area (Å²) in [5.41, 5.74) is 0.435. The smallest absolute Gasteiger partial charge is 0.325 e. The molecule has 9 nitrogen and oxygen atoms in total. The van der Waals surface area contributed by atoms with Crippen molar-refractivity contribution in [1.29, 1.82) is 0 Å². The van der Waals surface area contributed by atoms with E-state index in [0.29, 0.717) is 11.6 Å². The molecule has 2 heterocycles. The van der Waals surface area contributed by atoms with Crippen LogP contribution >= 0.6 is 0 Å². The van der Waals surface area contributed by atoms with Crippen molar-refractivity contribution in [1.82, 2.24) is 24.5 Å². The van der Waals surface area contributed by atoms with E-state index in [1.54, 1.807) is 6.20 Å². The van der Waals surface area contributed by atoms with Crippen LogP contribution < -0.4 is 5.32 Å². The van der Waals surface area contributed by atoms with Crippen LogP contribution in [-0.4, -0.2) is 41.5 Å². The molecule has 0 spiro atoms. The molecule has 0 bridgehead atoms. The van der Waals surface area contributed by atoms with E-state index >= 15 is 0 Å². The molecular formula is C14H18N6O3. The molecule has 0 unspecified atom stereocenters. The standard InChI is InChI=1S/C14H18N6O3/c21-12(22)8-19-9-15-14(18-19)17-13(23)10-6-16-20(7-10)11-4-2-1-3-5-11/h6-7,9,11H,1-5,8H2,(H,21,22)(H,17,18,23). The number of carboxylic acids is 1. The van der Waals surface area contributed by atoms with Crippen molar-refractivity contribution >= 4 is 17.8 Å². The predicted molar refractivity (Wildman–Crippen MR) is 80.0 cm³/mol. The third-order valence-electron chi connectivity index (χ3n) is 3.87. The maximum absolute atomic E-state index is 12.2. The van der Waals surface area contributed by atoms with Gasteiger partial charge in [0, 0.05) is 6.20 Å². The normalized spacial score (nSPS) is 15.5. The lowest BCUT2D eigenvalue weighted by atomic mass is 9.96. The summed E-state index contributed by atoms with van der Waals surface area (Å²) in [7, 11) is 0. The van der Waals surface area contributed by atoms with Crippen LogP contribution in [0.3, 0.4) is 0 Å². The van der Waals surface area contributed by atoms with Gasteiger partial charge in [0.25, 0.3) is 5.91 Å². The Morgan fingerprint density at radius 3 is 2.83 bits per heavy atom. The topological polar surface area (TPSA) is 115 Å². The van der Waals surface area contributed by atoms with E-state index in [2.05, 4.69) is 20.5 Å². The minimum atomic E-state index is -1.03. The van der Waals surface area contributed by atoms with E-state index < -0.39 is 5.97 Å². The molecule has 2 aromatic heterocycles. The highest BCUT2D eigenvalue weighted by Gasteiger charge is 2.18. The number of nitrogens with zero attached hydrogens (tertiary/aromatic N) is 5. The van der Waals surface area contributed by atoms with Gasteiger partial charge >= 0.3 is 5.97 Å². The van der Waals surface area contributed by atoms with Crippen LogP contribution in [0.25, 0.3) is 0 Å². The Hall–Kier alpha value is -2.71. The van der Waals surface area contributed by atoms with Crippen LogP contribution in [0.5, 0.6) is 0 Å². The molecule has 9 heteroatoms. The molecule has 122 valence electrons. The molecule has 0 atom stereocenters. The summed E-state index contributed by atoms with van der Waals surface area (Å²) < 4.78 is 2.99. The number of carbonyl (C=O) groups is 2. The first-order valence-corrected chi connectivity index (χ1v) is 7.58. The fourth-order valence-electron chi connectivity index (χ4n) is 2.74. The third kappa shape index (κ3) is 3.74. The number of aliphatic carboxylic acids is 1. The lowest BCUT2D eigenvalue weighted by molar-refractivity contribution is -0.137. The van der Waals surface area contributed by atoms with Gasteiger partial charge in [0.15, 0.2) is 0 Å². The van der Waals surface area contributed by atoms with Crippen molar-refractivity contribution in [3.05, 3.63) is 24.3 Å². The number of amides is 1. The van der Waals surface area contributed by atoms with E-state index in [0.717, 1.165) is 17.5 Å². The molecule has 0 radical (unpaired) electrons. The number of anilines is 1. The molecule has 1 amide bonds. The zero-order valence-electron chi connectivity index (χ0n) is 12.6. The van der Waals surface area contributed by atoms with Gasteiger partial charge < -0.3 is 5.11 Å². The highest BCUT2D eigenvalue weighted by atomic mass is 16.4. The average molecular weight is 318 g/mol. The number of hydrogen-bond acceptors (Lipinski definition) is 5. The van der Waals surface area contributed by atoms with Gasteiger partial charge in [-0.1, -0.05) is 19.3 Å². The van der Waals surface area contributed by atoms with Crippen LogP contribution in [0, 0.1) is 0 Å². The molecule has 3 rings (SSSR count). The van der Waals surface area contributed by atoms with Crippen molar-refractivity contribution in [2.24, 2.45) is 0 Å². The van der Waals surface area contributed by atoms with Gasteiger partial charge in [0.1, 0.15) is 12.9 Å². The molecule has 1 aliphatic carbocycles. The highest BCUT2D eigenvalue weighted by Crippen LogP contribution is 2.27. The first kappa shape index (κ1) is 15.2. The van der Waals surface area contributed by atoms with Gasteiger partial charge in [-0.05, 0) is 12.8 Å². The number of nitrogens with one attached hydrogen (secondary N) is 1. The zero-order valence-corrected chi connectivity index (χ0v) is 12.6. The van der Waals surface area contributed by atoms with Crippen LogP contribution in [0.4, 0.5) is 5.95 Å². The second-order valence-corrected chi connectivity index (χ2v) is 5.61. The monoisotopic (exact) mass is 318 g/mol. The lowest BCUT2D eigenvalue weighted by Crippen LogP contribution is -2.15. The molecule has 1 saturated carbocycles. The second-order valence-electron chi connectivity index (χ2n) is 5.61.